The van der Waals surface area contributed by atoms with Gasteiger partial charge in [-0.1, -0.05) is 56.4 Å². The molecule has 1 aromatic carbocycles. The van der Waals surface area contributed by atoms with Crippen LogP contribution < -0.4 is 16.9 Å². The summed E-state index contributed by atoms with van der Waals surface area (Å²) in [7, 11) is 1.54. The second-order valence-corrected chi connectivity index (χ2v) is 10.1. The van der Waals surface area contributed by atoms with Crippen molar-refractivity contribution in [1.82, 2.24) is 15.3 Å². The quantitative estimate of drug-likeness (QED) is 0.260. The zero-order chi connectivity index (χ0) is 23.7. The van der Waals surface area contributed by atoms with Crippen LogP contribution in [-0.4, -0.2) is 40.0 Å². The van der Waals surface area contributed by atoms with Gasteiger partial charge in [-0.2, -0.15) is 0 Å². The predicted octanol–water partition coefficient (Wildman–Crippen LogP) is 3.42. The molecule has 174 valence electrons. The predicted molar refractivity (Wildman–Crippen MR) is 121 cm³/mol. The third-order valence-electron chi connectivity index (χ3n) is 5.32. The number of aromatic nitrogens is 2. The molecule has 1 aliphatic rings. The summed E-state index contributed by atoms with van der Waals surface area (Å²) in [6, 6.07) is 6.84. The number of anilines is 1. The first kappa shape index (κ1) is 24.0. The summed E-state index contributed by atoms with van der Waals surface area (Å²) >= 11 is 1.28. The van der Waals surface area contributed by atoms with Gasteiger partial charge in [-0.3, -0.25) is 10.1 Å². The van der Waals surface area contributed by atoms with Crippen molar-refractivity contribution in [2.24, 2.45) is 22.6 Å². The van der Waals surface area contributed by atoms with Crippen molar-refractivity contribution >= 4 is 28.2 Å². The lowest BCUT2D eigenvalue weighted by atomic mass is 9.83. The lowest BCUT2D eigenvalue weighted by Gasteiger charge is -2.23. The van der Waals surface area contributed by atoms with Crippen molar-refractivity contribution in [2.45, 2.75) is 57.3 Å². The molecule has 1 aliphatic carbocycles. The molecule has 0 radical (unpaired) electrons. The summed E-state index contributed by atoms with van der Waals surface area (Å²) in [4.78, 5) is 13.2. The molecule has 2 unspecified atom stereocenters. The first-order valence-electron chi connectivity index (χ1n) is 10.3. The number of hydrogen-bond acceptors (Lipinski definition) is 7. The minimum atomic E-state index is -2.77. The van der Waals surface area contributed by atoms with E-state index in [4.69, 9.17) is 11.6 Å². The monoisotopic (exact) mass is 465 g/mol. The molecule has 32 heavy (non-hydrogen) atoms. The Morgan fingerprint density at radius 1 is 1.31 bits per heavy atom. The Kier molecular flexibility index (Phi) is 6.80. The first-order chi connectivity index (χ1) is 14.9. The standard InChI is InChI=1S/C21H29F2N7OS/c1-20(2,3)18-27-28-19(32-18)26-17(31)15(14-9-10-21(22,23)11-14)12-5-7-13(8-6-12)16(24)29-30(4)25/h5-8,14-15H,9-11,25H2,1-4H3,(H2,24,29)(H,26,28,31). The van der Waals surface area contributed by atoms with Gasteiger partial charge in [0.1, 0.15) is 5.01 Å². The number of amidine groups is 1. The molecule has 1 saturated carbocycles. The van der Waals surface area contributed by atoms with Gasteiger partial charge in [-0.05, 0) is 17.9 Å². The molecule has 3 rings (SSSR count). The van der Waals surface area contributed by atoms with Gasteiger partial charge in [0.2, 0.25) is 17.0 Å². The Bertz CT molecular complexity index is 983. The van der Waals surface area contributed by atoms with Crippen molar-refractivity contribution in [2.75, 3.05) is 12.4 Å². The molecule has 1 aromatic heterocycles. The first-order valence-corrected chi connectivity index (χ1v) is 11.1. The van der Waals surface area contributed by atoms with Crippen molar-refractivity contribution in [3.8, 4) is 0 Å². The maximum Gasteiger partial charge on any atom is 0.248 e. The van der Waals surface area contributed by atoms with E-state index in [1.165, 1.54) is 11.3 Å². The number of hydrazine groups is 1. The number of halogens is 2. The normalized spacial score (nSPS) is 19.6. The van der Waals surface area contributed by atoms with E-state index in [1.807, 2.05) is 20.8 Å². The topological polar surface area (TPSA) is 123 Å². The zero-order valence-electron chi connectivity index (χ0n) is 18.6. The van der Waals surface area contributed by atoms with E-state index in [0.29, 0.717) is 16.3 Å². The van der Waals surface area contributed by atoms with E-state index in [2.05, 4.69) is 20.6 Å². The Balaban J connectivity index is 1.87. The largest absolute Gasteiger partial charge is 0.382 e. The van der Waals surface area contributed by atoms with Crippen LogP contribution in [0.1, 0.15) is 62.1 Å². The summed E-state index contributed by atoms with van der Waals surface area (Å²) in [5, 5.41) is 17.2. The number of hydrazone groups is 1. The molecule has 0 saturated heterocycles. The van der Waals surface area contributed by atoms with Crippen LogP contribution >= 0.6 is 11.3 Å². The lowest BCUT2D eigenvalue weighted by molar-refractivity contribution is -0.118. The van der Waals surface area contributed by atoms with Crippen molar-refractivity contribution < 1.29 is 13.6 Å². The van der Waals surface area contributed by atoms with Crippen molar-refractivity contribution in [3.63, 3.8) is 0 Å². The highest BCUT2D eigenvalue weighted by Gasteiger charge is 2.45. The third-order valence-corrected chi connectivity index (χ3v) is 6.59. The molecule has 5 N–H and O–H groups in total. The number of benzene rings is 1. The molecule has 0 bridgehead atoms. The van der Waals surface area contributed by atoms with Gasteiger partial charge < -0.3 is 5.73 Å². The van der Waals surface area contributed by atoms with Crippen molar-refractivity contribution in [1.29, 1.82) is 0 Å². The number of alkyl halides is 2. The maximum absolute atomic E-state index is 14.0. The molecule has 0 spiro atoms. The van der Waals surface area contributed by atoms with Gasteiger partial charge in [0.25, 0.3) is 0 Å². The van der Waals surface area contributed by atoms with E-state index in [9.17, 15) is 13.6 Å². The SMILES string of the molecule is CN(N)/N=C(\N)c1ccc(C(C(=O)Nc2nnc(C(C)(C)C)s2)C2CCC(F)(F)C2)cc1. The number of carbonyl (C=O) groups excluding carboxylic acids is 1. The molecule has 1 fully saturated rings. The summed E-state index contributed by atoms with van der Waals surface area (Å²) < 4.78 is 28.0. The Labute approximate surface area is 190 Å². The van der Waals surface area contributed by atoms with Crippen molar-refractivity contribution in [3.05, 3.63) is 40.4 Å². The number of carbonyl (C=O) groups is 1. The highest BCUT2D eigenvalue weighted by atomic mass is 32.1. The smallest absolute Gasteiger partial charge is 0.248 e. The van der Waals surface area contributed by atoms with E-state index in [0.717, 1.165) is 10.1 Å². The average Bonchev–Trinajstić information content (AvgIpc) is 3.28. The van der Waals surface area contributed by atoms with Gasteiger partial charge in [-0.25, -0.2) is 19.7 Å². The summed E-state index contributed by atoms with van der Waals surface area (Å²) in [6.45, 7) is 6.00. The second-order valence-electron chi connectivity index (χ2n) is 9.17. The number of nitrogens with one attached hydrogen (secondary N) is 1. The Hall–Kier alpha value is -2.66. The highest BCUT2D eigenvalue weighted by molar-refractivity contribution is 7.15. The number of amides is 1. The fraction of sp³-hybridized carbons (Fsp3) is 0.524. The van der Waals surface area contributed by atoms with Crippen LogP contribution in [-0.2, 0) is 10.2 Å². The lowest BCUT2D eigenvalue weighted by Crippen LogP contribution is -2.28. The molecule has 11 heteroatoms. The van der Waals surface area contributed by atoms with Gasteiger partial charge in [0.15, 0.2) is 5.84 Å². The van der Waals surface area contributed by atoms with Crippen LogP contribution in [0.3, 0.4) is 0 Å². The molecule has 2 aromatic rings. The van der Waals surface area contributed by atoms with E-state index in [1.54, 1.807) is 31.3 Å². The minimum absolute atomic E-state index is 0.206. The van der Waals surface area contributed by atoms with Crippen LogP contribution in [0.2, 0.25) is 0 Å². The Morgan fingerprint density at radius 2 is 1.97 bits per heavy atom. The second kappa shape index (κ2) is 9.07. The van der Waals surface area contributed by atoms with E-state index >= 15 is 0 Å². The average molecular weight is 466 g/mol. The molecule has 1 amide bonds. The number of nitrogens with two attached hydrogens (primary N) is 2. The number of hydrogen-bond donors (Lipinski definition) is 3. The van der Waals surface area contributed by atoms with Gasteiger partial charge in [0.05, 0.1) is 5.92 Å². The van der Waals surface area contributed by atoms with Crippen LogP contribution in [0.4, 0.5) is 13.9 Å². The zero-order valence-corrected chi connectivity index (χ0v) is 19.4. The fourth-order valence-electron chi connectivity index (χ4n) is 3.76. The van der Waals surface area contributed by atoms with Gasteiger partial charge in [-0.15, -0.1) is 15.3 Å². The number of rotatable bonds is 6. The van der Waals surface area contributed by atoms with Crippen LogP contribution in [0.5, 0.6) is 0 Å². The number of nitrogens with zero attached hydrogens (tertiary/aromatic N) is 4. The van der Waals surface area contributed by atoms with E-state index < -0.39 is 17.8 Å². The molecule has 1 heterocycles. The van der Waals surface area contributed by atoms with Gasteiger partial charge >= 0.3 is 0 Å². The summed E-state index contributed by atoms with van der Waals surface area (Å²) in [6.07, 6.45) is -0.301. The van der Waals surface area contributed by atoms with Crippen LogP contribution in [0, 0.1) is 5.92 Å². The van der Waals surface area contributed by atoms with E-state index in [-0.39, 0.29) is 36.4 Å². The fourth-order valence-corrected chi connectivity index (χ4v) is 4.56. The molecular weight excluding hydrogens is 436 g/mol. The minimum Gasteiger partial charge on any atom is -0.382 e. The Morgan fingerprint density at radius 3 is 2.47 bits per heavy atom. The van der Waals surface area contributed by atoms with Crippen LogP contribution in [0.25, 0.3) is 0 Å². The molecule has 8 nitrogen and oxygen atoms in total. The van der Waals surface area contributed by atoms with Gasteiger partial charge in [0, 0.05) is 30.9 Å². The third kappa shape index (κ3) is 5.77. The molecule has 0 aliphatic heterocycles. The maximum atomic E-state index is 14.0. The van der Waals surface area contributed by atoms with Crippen LogP contribution in [0.15, 0.2) is 29.4 Å². The molecule has 2 atom stereocenters. The summed E-state index contributed by atoms with van der Waals surface area (Å²) in [5.74, 6) is 1.30. The summed E-state index contributed by atoms with van der Waals surface area (Å²) in [5.41, 5.74) is 6.95. The molecular formula is C21H29F2N7OS. The highest BCUT2D eigenvalue weighted by Crippen LogP contribution is 2.46.